The molecule has 0 N–H and O–H groups in total. The van der Waals surface area contributed by atoms with Gasteiger partial charge in [0, 0.05) is 0 Å². The first-order valence-corrected chi connectivity index (χ1v) is 4.15. The van der Waals surface area contributed by atoms with Gasteiger partial charge in [0.2, 0.25) is 0 Å². The third-order valence-corrected chi connectivity index (χ3v) is 1.77. The van der Waals surface area contributed by atoms with Gasteiger partial charge < -0.3 is 9.37 Å². The summed E-state index contributed by atoms with van der Waals surface area (Å²) in [5.41, 5.74) is 0. The minimum Gasteiger partial charge on any atom is -0.467 e. The van der Waals surface area contributed by atoms with Gasteiger partial charge in [-0.15, -0.1) is 0 Å². The molecule has 2 radical (unpaired) electrons. The van der Waals surface area contributed by atoms with E-state index in [0.29, 0.717) is 0 Å². The molecule has 0 rings (SSSR count). The van der Waals surface area contributed by atoms with Crippen LogP contribution in [0.25, 0.3) is 0 Å². The normalized spacial score (nSPS) is 12.2. The van der Waals surface area contributed by atoms with Crippen molar-refractivity contribution in [3.8, 4) is 0 Å². The quantitative estimate of drug-likeness (QED) is 0.458. The van der Waals surface area contributed by atoms with Gasteiger partial charge in [-0.25, -0.2) is 4.79 Å². The molecule has 62 valence electrons. The summed E-state index contributed by atoms with van der Waals surface area (Å²) >= 11 is 0. The van der Waals surface area contributed by atoms with Crippen molar-refractivity contribution in [2.24, 2.45) is 4.63 Å². The molecular weight excluding hydrogens is 158 g/mol. The van der Waals surface area contributed by atoms with E-state index in [9.17, 15) is 4.79 Å². The highest BCUT2D eigenvalue weighted by Gasteiger charge is 2.14. The highest BCUT2D eigenvalue weighted by atomic mass is 28.1. The fourth-order valence-electron chi connectivity index (χ4n) is 0.769. The van der Waals surface area contributed by atoms with E-state index in [1.54, 1.807) is 0 Å². The summed E-state index contributed by atoms with van der Waals surface area (Å²) in [4.78, 5) is 10.9. The van der Waals surface area contributed by atoms with Crippen LogP contribution in [0.3, 0.4) is 0 Å². The average Bonchev–Trinajstić information content (AvgIpc) is 2.05. The van der Waals surface area contributed by atoms with Crippen LogP contribution in [0.4, 0.5) is 0 Å². The molecule has 3 nitrogen and oxygen atoms in total. The van der Waals surface area contributed by atoms with Crippen LogP contribution in [-0.2, 0) is 9.53 Å². The molecule has 4 heteroatoms. The van der Waals surface area contributed by atoms with Crippen molar-refractivity contribution >= 4 is 16.0 Å². The lowest BCUT2D eigenvalue weighted by Gasteiger charge is -2.07. The van der Waals surface area contributed by atoms with Crippen molar-refractivity contribution in [3.63, 3.8) is 0 Å². The number of carbonyl (C=O) groups excluding carboxylic acids is 1. The molecule has 0 aromatic heterocycles. The zero-order valence-electron chi connectivity index (χ0n) is 6.96. The second kappa shape index (κ2) is 6.21. The molecule has 0 aromatic carbocycles. The Morgan fingerprint density at radius 1 is 1.73 bits per heavy atom. The molecule has 0 aromatic rings. The molecule has 0 heterocycles. The number of hydrogen-bond donors (Lipinski definition) is 0. The Balaban J connectivity index is 3.74. The van der Waals surface area contributed by atoms with Gasteiger partial charge in [0.25, 0.3) is 0 Å². The first kappa shape index (κ1) is 10.5. The number of nitrogens with zero attached hydrogens (tertiary/aromatic N) is 1. The second-order valence-electron chi connectivity index (χ2n) is 2.31. The minimum atomic E-state index is -0.336. The van der Waals surface area contributed by atoms with Crippen molar-refractivity contribution in [2.45, 2.75) is 32.2 Å². The van der Waals surface area contributed by atoms with Crippen LogP contribution in [-0.4, -0.2) is 29.2 Å². The van der Waals surface area contributed by atoms with Crippen LogP contribution in [0, 0.1) is 0 Å². The topological polar surface area (TPSA) is 38.7 Å². The van der Waals surface area contributed by atoms with Crippen LogP contribution in [0.15, 0.2) is 4.63 Å². The summed E-state index contributed by atoms with van der Waals surface area (Å²) < 4.78 is 8.26. The summed E-state index contributed by atoms with van der Waals surface area (Å²) in [6.45, 7) is 2.07. The van der Waals surface area contributed by atoms with Crippen molar-refractivity contribution in [1.82, 2.24) is 0 Å². The number of unbranched alkanes of at least 4 members (excludes halogenated alkanes) is 1. The Kier molecular flexibility index (Phi) is 5.92. The van der Waals surface area contributed by atoms with Crippen molar-refractivity contribution in [3.05, 3.63) is 0 Å². The highest BCUT2D eigenvalue weighted by molar-refractivity contribution is 5.94. The van der Waals surface area contributed by atoms with Crippen LogP contribution in [0.5, 0.6) is 0 Å². The van der Waals surface area contributed by atoms with Gasteiger partial charge in [-0.05, 0) is 6.42 Å². The molecule has 0 saturated heterocycles. The molecule has 11 heavy (non-hydrogen) atoms. The molecule has 0 spiro atoms. The van der Waals surface area contributed by atoms with E-state index in [-0.39, 0.29) is 12.0 Å². The monoisotopic (exact) mass is 171 g/mol. The molecule has 0 fully saturated rings. The van der Waals surface area contributed by atoms with E-state index in [1.807, 2.05) is 0 Å². The maximum atomic E-state index is 10.9. The molecule has 1 atom stereocenters. The van der Waals surface area contributed by atoms with Crippen LogP contribution >= 0.6 is 0 Å². The molecule has 0 aliphatic carbocycles. The molecule has 0 saturated carbocycles. The van der Waals surface area contributed by atoms with Gasteiger partial charge in [-0.1, -0.05) is 19.8 Å². The lowest BCUT2D eigenvalue weighted by molar-refractivity contribution is -0.142. The number of methoxy groups -OCH3 is 1. The molecule has 0 unspecified atom stereocenters. The van der Waals surface area contributed by atoms with Crippen molar-refractivity contribution in [1.29, 1.82) is 0 Å². The van der Waals surface area contributed by atoms with E-state index in [2.05, 4.69) is 26.3 Å². The number of rotatable bonds is 5. The van der Waals surface area contributed by atoms with E-state index >= 15 is 0 Å². The van der Waals surface area contributed by atoms with Gasteiger partial charge in [-0.2, -0.15) is 0 Å². The Bertz CT molecular complexity index is 138. The predicted octanol–water partition coefficient (Wildman–Crippen LogP) is 1.07. The Morgan fingerprint density at radius 2 is 2.36 bits per heavy atom. The lowest BCUT2D eigenvalue weighted by Crippen LogP contribution is -2.19. The zero-order valence-corrected chi connectivity index (χ0v) is 7.96. The Labute approximate surface area is 70.3 Å². The molecule has 0 bridgehead atoms. The van der Waals surface area contributed by atoms with Gasteiger partial charge in [0.05, 0.1) is 7.11 Å². The molecule has 0 aliphatic rings. The third kappa shape index (κ3) is 4.03. The SMILES string of the molecule is CCCC[C@H](N=[Si])C(=O)OC. The Hall–Kier alpha value is -0.513. The Morgan fingerprint density at radius 3 is 2.73 bits per heavy atom. The molecule has 0 aliphatic heterocycles. The van der Waals surface area contributed by atoms with E-state index in [0.717, 1.165) is 19.3 Å². The summed E-state index contributed by atoms with van der Waals surface area (Å²) in [6.07, 6.45) is 2.82. The second-order valence-corrected chi connectivity index (χ2v) is 2.57. The average molecular weight is 171 g/mol. The van der Waals surface area contributed by atoms with Crippen LogP contribution < -0.4 is 0 Å². The predicted molar refractivity (Wildman–Crippen MR) is 43.5 cm³/mol. The fourth-order valence-corrected chi connectivity index (χ4v) is 1.00. The number of esters is 1. The van der Waals surface area contributed by atoms with Crippen LogP contribution in [0.1, 0.15) is 26.2 Å². The molecule has 0 amide bonds. The number of carbonyl (C=O) groups is 1. The number of ether oxygens (including phenoxy) is 1. The largest absolute Gasteiger partial charge is 0.467 e. The maximum Gasteiger partial charge on any atom is 0.329 e. The summed E-state index contributed by atoms with van der Waals surface area (Å²) in [7, 11) is 4.33. The fraction of sp³-hybridized carbons (Fsp3) is 0.857. The number of hydrogen-bond acceptors (Lipinski definition) is 3. The highest BCUT2D eigenvalue weighted by Crippen LogP contribution is 2.04. The summed E-state index contributed by atoms with van der Waals surface area (Å²) in [5.74, 6) is -0.270. The standard InChI is InChI=1S/C7H13NO2Si/c1-3-4-5-6(8-11)7(9)10-2/h6H,3-5H2,1-2H3/t6-/m0/s1. The van der Waals surface area contributed by atoms with Gasteiger partial charge in [-0.3, -0.25) is 0 Å². The van der Waals surface area contributed by atoms with E-state index in [1.165, 1.54) is 7.11 Å². The summed E-state index contributed by atoms with van der Waals surface area (Å²) in [6, 6.07) is -0.336. The first-order valence-electron chi connectivity index (χ1n) is 3.70. The van der Waals surface area contributed by atoms with E-state index < -0.39 is 0 Å². The third-order valence-electron chi connectivity index (χ3n) is 1.46. The van der Waals surface area contributed by atoms with Crippen molar-refractivity contribution < 1.29 is 9.53 Å². The van der Waals surface area contributed by atoms with Gasteiger partial charge >= 0.3 is 5.97 Å². The minimum absolute atomic E-state index is 0.270. The first-order chi connectivity index (χ1) is 5.26. The lowest BCUT2D eigenvalue weighted by atomic mass is 10.1. The summed E-state index contributed by atoms with van der Waals surface area (Å²) in [5, 5.41) is 0. The molecular formula is C7H13NO2Si. The van der Waals surface area contributed by atoms with Crippen LogP contribution in [0.2, 0.25) is 0 Å². The van der Waals surface area contributed by atoms with E-state index in [4.69, 9.17) is 0 Å². The van der Waals surface area contributed by atoms with Gasteiger partial charge in [0.1, 0.15) is 6.04 Å². The van der Waals surface area contributed by atoms with Crippen molar-refractivity contribution in [2.75, 3.05) is 7.11 Å². The zero-order chi connectivity index (χ0) is 8.69. The maximum absolute atomic E-state index is 10.9. The van der Waals surface area contributed by atoms with Gasteiger partial charge in [0.15, 0.2) is 10.0 Å². The smallest absolute Gasteiger partial charge is 0.329 e.